The van der Waals surface area contributed by atoms with E-state index in [-0.39, 0.29) is 35.6 Å². The third kappa shape index (κ3) is 5.10. The second-order valence-electron chi connectivity index (χ2n) is 7.38. The second kappa shape index (κ2) is 9.51. The fourth-order valence-electron chi connectivity index (χ4n) is 3.81. The molecule has 172 valence electrons. The first kappa shape index (κ1) is 24.1. The van der Waals surface area contributed by atoms with Gasteiger partial charge in [-0.05, 0) is 37.1 Å². The molecule has 1 fully saturated rings. The maximum atomic E-state index is 13.3. The number of hydrogen-bond donors (Lipinski definition) is 2. The summed E-state index contributed by atoms with van der Waals surface area (Å²) < 4.78 is 56.2. The first-order chi connectivity index (χ1) is 14.6. The molecular weight excluding hydrogens is 455 g/mol. The van der Waals surface area contributed by atoms with E-state index >= 15 is 0 Å². The van der Waals surface area contributed by atoms with E-state index in [0.29, 0.717) is 0 Å². The van der Waals surface area contributed by atoms with E-state index in [9.17, 15) is 27.8 Å². The van der Waals surface area contributed by atoms with Crippen LogP contribution >= 0.6 is 11.6 Å². The quantitative estimate of drug-likeness (QED) is 0.566. The zero-order valence-electron chi connectivity index (χ0n) is 16.8. The van der Waals surface area contributed by atoms with Crippen molar-refractivity contribution in [1.82, 2.24) is 0 Å². The molecule has 2 aliphatic rings. The molecule has 1 aromatic rings. The van der Waals surface area contributed by atoms with Crippen LogP contribution in [0.1, 0.15) is 25.3 Å². The Morgan fingerprint density at radius 1 is 1.29 bits per heavy atom. The molecule has 1 heterocycles. The van der Waals surface area contributed by atoms with Crippen molar-refractivity contribution in [3.8, 4) is 0 Å². The van der Waals surface area contributed by atoms with Crippen molar-refractivity contribution in [3.63, 3.8) is 0 Å². The van der Waals surface area contributed by atoms with E-state index in [1.165, 1.54) is 12.1 Å². The molecule has 1 unspecified atom stereocenters. The van der Waals surface area contributed by atoms with Gasteiger partial charge >= 0.3 is 5.97 Å². The van der Waals surface area contributed by atoms with Crippen LogP contribution in [0.3, 0.4) is 0 Å². The van der Waals surface area contributed by atoms with E-state index in [2.05, 4.69) is 0 Å². The Labute approximate surface area is 184 Å². The standard InChI is InChI=1S/C20H24ClFO8S/c1-2-28-19(25)14-8-20(29-16(9-23)17(10-24)30-20)6-5-18(14)31(26,27)11-12-3-4-13(22)7-15(12)21/h3-4,7-8,16-18,23-24H,2,5-6,9-11H2,1H3/t16-,17-,18?/m1/s1. The number of carbonyl (C=O) groups excluding carboxylic acids is 1. The van der Waals surface area contributed by atoms with Gasteiger partial charge in [-0.3, -0.25) is 0 Å². The Morgan fingerprint density at radius 3 is 2.48 bits per heavy atom. The Morgan fingerprint density at radius 2 is 1.94 bits per heavy atom. The van der Waals surface area contributed by atoms with Crippen LogP contribution in [0.2, 0.25) is 5.02 Å². The van der Waals surface area contributed by atoms with Gasteiger partial charge in [-0.25, -0.2) is 17.6 Å². The van der Waals surface area contributed by atoms with Gasteiger partial charge in [0.25, 0.3) is 0 Å². The summed E-state index contributed by atoms with van der Waals surface area (Å²) in [4.78, 5) is 12.6. The molecule has 3 atom stereocenters. The Kier molecular flexibility index (Phi) is 7.39. The highest BCUT2D eigenvalue weighted by Gasteiger charge is 2.51. The van der Waals surface area contributed by atoms with E-state index < -0.39 is 63.8 Å². The average Bonchev–Trinajstić information content (AvgIpc) is 3.07. The highest BCUT2D eigenvalue weighted by Crippen LogP contribution is 2.41. The lowest BCUT2D eigenvalue weighted by atomic mass is 9.94. The van der Waals surface area contributed by atoms with Crippen LogP contribution in [0.15, 0.2) is 29.8 Å². The molecule has 0 amide bonds. The van der Waals surface area contributed by atoms with Crippen LogP contribution < -0.4 is 0 Å². The number of esters is 1. The number of halogens is 2. The predicted octanol–water partition coefficient (Wildman–Crippen LogP) is 1.51. The number of hydrogen-bond acceptors (Lipinski definition) is 8. The van der Waals surface area contributed by atoms with Crippen LogP contribution in [0, 0.1) is 5.82 Å². The molecule has 1 saturated heterocycles. The fraction of sp³-hybridized carbons (Fsp3) is 0.550. The Hall–Kier alpha value is -1.56. The van der Waals surface area contributed by atoms with Gasteiger partial charge in [0.1, 0.15) is 18.0 Å². The summed E-state index contributed by atoms with van der Waals surface area (Å²) in [6.07, 6.45) is -0.334. The van der Waals surface area contributed by atoms with Gasteiger partial charge in [0.05, 0.1) is 36.4 Å². The van der Waals surface area contributed by atoms with Gasteiger partial charge in [-0.15, -0.1) is 0 Å². The fourth-order valence-corrected chi connectivity index (χ4v) is 6.04. The zero-order valence-corrected chi connectivity index (χ0v) is 18.4. The number of sulfone groups is 1. The summed E-state index contributed by atoms with van der Waals surface area (Å²) in [5.41, 5.74) is 0.0576. The number of carbonyl (C=O) groups is 1. The molecule has 3 rings (SSSR count). The number of ether oxygens (including phenoxy) is 3. The van der Waals surface area contributed by atoms with E-state index in [0.717, 1.165) is 12.1 Å². The van der Waals surface area contributed by atoms with Gasteiger partial charge in [-0.2, -0.15) is 0 Å². The van der Waals surface area contributed by atoms with Crippen LogP contribution in [0.5, 0.6) is 0 Å². The Balaban J connectivity index is 1.95. The molecule has 31 heavy (non-hydrogen) atoms. The largest absolute Gasteiger partial charge is 0.463 e. The molecule has 1 aliphatic carbocycles. The van der Waals surface area contributed by atoms with E-state index in [4.69, 9.17) is 25.8 Å². The van der Waals surface area contributed by atoms with Crippen molar-refractivity contribution in [3.05, 3.63) is 46.3 Å². The third-order valence-electron chi connectivity index (χ3n) is 5.27. The highest BCUT2D eigenvalue weighted by molar-refractivity contribution is 7.91. The monoisotopic (exact) mass is 478 g/mol. The van der Waals surface area contributed by atoms with Crippen molar-refractivity contribution < 1.29 is 42.0 Å². The van der Waals surface area contributed by atoms with Crippen LogP contribution in [-0.4, -0.2) is 67.7 Å². The summed E-state index contributed by atoms with van der Waals surface area (Å²) in [5.74, 6) is -3.38. The first-order valence-electron chi connectivity index (χ1n) is 9.77. The molecule has 1 aromatic carbocycles. The number of aliphatic hydroxyl groups excluding tert-OH is 2. The summed E-state index contributed by atoms with van der Waals surface area (Å²) >= 11 is 5.99. The zero-order chi connectivity index (χ0) is 22.8. The SMILES string of the molecule is CCOC(=O)C1=CC2(CCC1S(=O)(=O)Cc1ccc(F)cc1Cl)O[C@H](CO)[C@@H](CO)O2. The smallest absolute Gasteiger partial charge is 0.335 e. The highest BCUT2D eigenvalue weighted by atomic mass is 35.5. The van der Waals surface area contributed by atoms with Crippen LogP contribution in [0.4, 0.5) is 4.39 Å². The molecule has 0 aromatic heterocycles. The summed E-state index contributed by atoms with van der Waals surface area (Å²) in [5, 5.41) is 17.7. The molecule has 8 nitrogen and oxygen atoms in total. The summed E-state index contributed by atoms with van der Waals surface area (Å²) in [6.45, 7) is 0.783. The molecular formula is C20H24ClFO8S. The van der Waals surface area contributed by atoms with E-state index in [1.54, 1.807) is 6.92 Å². The summed E-state index contributed by atoms with van der Waals surface area (Å²) in [7, 11) is -3.95. The minimum Gasteiger partial charge on any atom is -0.463 e. The van der Waals surface area contributed by atoms with Gasteiger partial charge in [0.15, 0.2) is 15.6 Å². The minimum absolute atomic E-state index is 0.0257. The van der Waals surface area contributed by atoms with Gasteiger partial charge in [0.2, 0.25) is 0 Å². The molecule has 1 aliphatic heterocycles. The van der Waals surface area contributed by atoms with Crippen LogP contribution in [-0.2, 0) is 34.6 Å². The van der Waals surface area contributed by atoms with E-state index in [1.807, 2.05) is 0 Å². The average molecular weight is 479 g/mol. The summed E-state index contributed by atoms with van der Waals surface area (Å²) in [6, 6.07) is 3.42. The minimum atomic E-state index is -3.95. The third-order valence-corrected chi connectivity index (χ3v) is 7.69. The lowest BCUT2D eigenvalue weighted by Crippen LogP contribution is -2.41. The van der Waals surface area contributed by atoms with Crippen molar-refractivity contribution in [2.24, 2.45) is 0 Å². The topological polar surface area (TPSA) is 119 Å². The maximum Gasteiger partial charge on any atom is 0.335 e. The molecule has 11 heteroatoms. The van der Waals surface area contributed by atoms with Crippen LogP contribution in [0.25, 0.3) is 0 Å². The normalized spacial score (nSPS) is 25.5. The molecule has 0 radical (unpaired) electrons. The van der Waals surface area contributed by atoms with Gasteiger partial charge < -0.3 is 24.4 Å². The molecule has 2 N–H and O–H groups in total. The van der Waals surface area contributed by atoms with Crippen molar-refractivity contribution in [2.45, 2.75) is 48.8 Å². The van der Waals surface area contributed by atoms with Crippen molar-refractivity contribution in [2.75, 3.05) is 19.8 Å². The van der Waals surface area contributed by atoms with Gasteiger partial charge in [-0.1, -0.05) is 17.7 Å². The molecule has 0 saturated carbocycles. The predicted molar refractivity (Wildman–Crippen MR) is 108 cm³/mol. The van der Waals surface area contributed by atoms with Crippen molar-refractivity contribution >= 4 is 27.4 Å². The van der Waals surface area contributed by atoms with Crippen molar-refractivity contribution in [1.29, 1.82) is 0 Å². The van der Waals surface area contributed by atoms with Gasteiger partial charge in [0, 0.05) is 11.4 Å². The maximum absolute atomic E-state index is 13.3. The molecule has 0 bridgehead atoms. The molecule has 1 spiro atoms. The lowest BCUT2D eigenvalue weighted by Gasteiger charge is -2.33. The number of rotatable bonds is 7. The lowest BCUT2D eigenvalue weighted by molar-refractivity contribution is -0.154. The number of aliphatic hydroxyl groups is 2. The number of benzene rings is 1. The Bertz CT molecular complexity index is 952. The first-order valence-corrected chi connectivity index (χ1v) is 11.9. The second-order valence-corrected chi connectivity index (χ2v) is 9.97.